The highest BCUT2D eigenvalue weighted by Gasteiger charge is 2.34. The van der Waals surface area contributed by atoms with Gasteiger partial charge in [-0.25, -0.2) is 0 Å². The molecule has 10 heavy (non-hydrogen) atoms. The van der Waals surface area contributed by atoms with Crippen molar-refractivity contribution in [2.45, 2.75) is 50.5 Å². The van der Waals surface area contributed by atoms with Crippen LogP contribution in [-0.2, 0) is 0 Å². The molecule has 58 valence electrons. The molecular weight excluding hydrogens is 122 g/mol. The first kappa shape index (κ1) is 6.66. The van der Waals surface area contributed by atoms with Gasteiger partial charge in [-0.15, -0.1) is 0 Å². The van der Waals surface area contributed by atoms with Crippen LogP contribution in [-0.4, -0.2) is 5.54 Å². The highest BCUT2D eigenvalue weighted by molar-refractivity contribution is 4.92. The van der Waals surface area contributed by atoms with Gasteiger partial charge in [0.2, 0.25) is 0 Å². The summed E-state index contributed by atoms with van der Waals surface area (Å²) in [6.45, 7) is 0. The van der Waals surface area contributed by atoms with Gasteiger partial charge in [0.15, 0.2) is 0 Å². The molecule has 1 nitrogen and oxygen atoms in total. The van der Waals surface area contributed by atoms with E-state index in [9.17, 15) is 0 Å². The fourth-order valence-electron chi connectivity index (χ4n) is 2.53. The van der Waals surface area contributed by atoms with E-state index in [1.807, 2.05) is 0 Å². The molecule has 3 saturated carbocycles. The first-order chi connectivity index (χ1) is 4.79. The lowest BCUT2D eigenvalue weighted by molar-refractivity contribution is 0.263. The van der Waals surface area contributed by atoms with E-state index >= 15 is 0 Å². The van der Waals surface area contributed by atoms with Gasteiger partial charge in [0.05, 0.1) is 0 Å². The minimum absolute atomic E-state index is 0.271. The van der Waals surface area contributed by atoms with Crippen molar-refractivity contribution in [1.29, 1.82) is 0 Å². The molecule has 3 aliphatic carbocycles. The zero-order valence-electron chi connectivity index (χ0n) is 6.60. The lowest BCUT2D eigenvalue weighted by Gasteiger charge is -2.32. The molecule has 0 unspecified atom stereocenters. The summed E-state index contributed by atoms with van der Waals surface area (Å²) in [4.78, 5) is 0. The summed E-state index contributed by atoms with van der Waals surface area (Å²) in [6.07, 6.45) is 9.58. The second kappa shape index (κ2) is 2.23. The van der Waals surface area contributed by atoms with Crippen LogP contribution >= 0.6 is 0 Å². The lowest BCUT2D eigenvalue weighted by atomic mass is 9.79. The van der Waals surface area contributed by atoms with E-state index in [1.165, 1.54) is 44.9 Å². The summed E-state index contributed by atoms with van der Waals surface area (Å²) in [5.41, 5.74) is 6.47. The zero-order chi connectivity index (χ0) is 7.03. The van der Waals surface area contributed by atoms with Crippen molar-refractivity contribution < 1.29 is 0 Å². The number of hydrogen-bond donors (Lipinski definition) is 1. The molecule has 0 heterocycles. The van der Waals surface area contributed by atoms with Crippen molar-refractivity contribution in [2.75, 3.05) is 0 Å². The molecule has 0 amide bonds. The molecule has 0 spiro atoms. The third kappa shape index (κ3) is 1.07. The minimum Gasteiger partial charge on any atom is -0.325 e. The third-order valence-electron chi connectivity index (χ3n) is 3.39. The van der Waals surface area contributed by atoms with Gasteiger partial charge in [-0.05, 0) is 38.0 Å². The highest BCUT2D eigenvalue weighted by atomic mass is 14.7. The Morgan fingerprint density at radius 3 is 2.40 bits per heavy atom. The van der Waals surface area contributed by atoms with Crippen LogP contribution in [0.1, 0.15) is 44.9 Å². The normalized spacial score (nSPS) is 47.1. The van der Waals surface area contributed by atoms with E-state index in [2.05, 4.69) is 0 Å². The van der Waals surface area contributed by atoms with Gasteiger partial charge in [-0.1, -0.05) is 12.8 Å². The van der Waals surface area contributed by atoms with E-state index in [1.54, 1.807) is 0 Å². The van der Waals surface area contributed by atoms with Crippen LogP contribution in [0.2, 0.25) is 0 Å². The highest BCUT2D eigenvalue weighted by Crippen LogP contribution is 2.40. The Morgan fingerprint density at radius 1 is 1.00 bits per heavy atom. The van der Waals surface area contributed by atoms with Gasteiger partial charge < -0.3 is 5.73 Å². The molecule has 3 fully saturated rings. The van der Waals surface area contributed by atoms with Gasteiger partial charge in [-0.3, -0.25) is 0 Å². The molecule has 0 aromatic carbocycles. The van der Waals surface area contributed by atoms with E-state index < -0.39 is 0 Å². The Bertz CT molecular complexity index is 117. The predicted octanol–water partition coefficient (Wildman–Crippen LogP) is 2.06. The molecule has 0 aromatic heterocycles. The van der Waals surface area contributed by atoms with Crippen LogP contribution in [0.3, 0.4) is 0 Å². The van der Waals surface area contributed by atoms with Crippen molar-refractivity contribution in [1.82, 2.24) is 0 Å². The number of rotatable bonds is 0. The Labute approximate surface area is 63.0 Å². The largest absolute Gasteiger partial charge is 0.325 e. The quantitative estimate of drug-likeness (QED) is 0.546. The van der Waals surface area contributed by atoms with Crippen molar-refractivity contribution in [2.24, 2.45) is 11.7 Å². The Morgan fingerprint density at radius 2 is 1.70 bits per heavy atom. The second-order valence-electron chi connectivity index (χ2n) is 4.20. The van der Waals surface area contributed by atoms with E-state index in [-0.39, 0.29) is 5.54 Å². The molecule has 2 bridgehead atoms. The van der Waals surface area contributed by atoms with Gasteiger partial charge in [0.25, 0.3) is 0 Å². The van der Waals surface area contributed by atoms with Crippen LogP contribution in [0.25, 0.3) is 0 Å². The Kier molecular flexibility index (Phi) is 1.48. The summed E-state index contributed by atoms with van der Waals surface area (Å²) in [5.74, 6) is 1.04. The van der Waals surface area contributed by atoms with Crippen molar-refractivity contribution >= 4 is 0 Å². The fraction of sp³-hybridized carbons (Fsp3) is 1.00. The van der Waals surface area contributed by atoms with Gasteiger partial charge in [0.1, 0.15) is 0 Å². The summed E-state index contributed by atoms with van der Waals surface area (Å²) >= 11 is 0. The van der Waals surface area contributed by atoms with Gasteiger partial charge >= 0.3 is 0 Å². The summed E-state index contributed by atoms with van der Waals surface area (Å²) in [6, 6.07) is 0. The molecule has 3 rings (SSSR count). The van der Waals surface area contributed by atoms with Crippen molar-refractivity contribution in [3.63, 3.8) is 0 Å². The lowest BCUT2D eigenvalue weighted by Crippen LogP contribution is -2.41. The maximum atomic E-state index is 6.20. The molecule has 0 saturated heterocycles. The summed E-state index contributed by atoms with van der Waals surface area (Å²) in [5, 5.41) is 0. The smallest absolute Gasteiger partial charge is 0.0154 e. The summed E-state index contributed by atoms with van der Waals surface area (Å²) < 4.78 is 0. The molecule has 0 atom stereocenters. The SMILES string of the molecule is NC12CCCC(CC1)CC2. The summed E-state index contributed by atoms with van der Waals surface area (Å²) in [7, 11) is 0. The van der Waals surface area contributed by atoms with Crippen LogP contribution in [0.5, 0.6) is 0 Å². The van der Waals surface area contributed by atoms with Crippen LogP contribution in [0, 0.1) is 5.92 Å². The second-order valence-corrected chi connectivity index (χ2v) is 4.20. The van der Waals surface area contributed by atoms with Crippen molar-refractivity contribution in [3.8, 4) is 0 Å². The molecular formula is C9H17N. The average molecular weight is 139 g/mol. The standard InChI is InChI=1S/C9H17N/c10-9-5-1-2-8(3-6-9)4-7-9/h8H,1-7,10H2. The molecule has 2 N–H and O–H groups in total. The number of hydrogen-bond acceptors (Lipinski definition) is 1. The Balaban J connectivity index is 2.11. The van der Waals surface area contributed by atoms with Crippen LogP contribution in [0.4, 0.5) is 0 Å². The maximum absolute atomic E-state index is 6.20. The Hall–Kier alpha value is -0.0400. The first-order valence-corrected chi connectivity index (χ1v) is 4.57. The van der Waals surface area contributed by atoms with Gasteiger partial charge in [0, 0.05) is 5.54 Å². The minimum atomic E-state index is 0.271. The molecule has 0 radical (unpaired) electrons. The molecule has 0 aliphatic heterocycles. The first-order valence-electron chi connectivity index (χ1n) is 4.57. The van der Waals surface area contributed by atoms with Crippen molar-refractivity contribution in [3.05, 3.63) is 0 Å². The van der Waals surface area contributed by atoms with Crippen LogP contribution < -0.4 is 5.73 Å². The molecule has 3 aliphatic rings. The monoisotopic (exact) mass is 139 g/mol. The maximum Gasteiger partial charge on any atom is 0.0154 e. The predicted molar refractivity (Wildman–Crippen MR) is 42.7 cm³/mol. The molecule has 1 heteroatoms. The average Bonchev–Trinajstić information content (AvgIpc) is 2.19. The van der Waals surface area contributed by atoms with Gasteiger partial charge in [-0.2, -0.15) is 0 Å². The molecule has 0 aromatic rings. The van der Waals surface area contributed by atoms with E-state index in [0.29, 0.717) is 0 Å². The van der Waals surface area contributed by atoms with E-state index in [4.69, 9.17) is 5.73 Å². The topological polar surface area (TPSA) is 26.0 Å². The van der Waals surface area contributed by atoms with E-state index in [0.717, 1.165) is 5.92 Å². The van der Waals surface area contributed by atoms with Crippen LogP contribution in [0.15, 0.2) is 0 Å². The number of fused-ring (bicyclic) bond motifs is 4. The zero-order valence-corrected chi connectivity index (χ0v) is 6.60. The number of nitrogens with two attached hydrogens (primary N) is 1. The third-order valence-corrected chi connectivity index (χ3v) is 3.39. The fourth-order valence-corrected chi connectivity index (χ4v) is 2.53.